The maximum Gasteiger partial charge on any atom is 0.227 e. The van der Waals surface area contributed by atoms with Crippen molar-refractivity contribution in [1.82, 2.24) is 0 Å². The summed E-state index contributed by atoms with van der Waals surface area (Å²) in [5.74, 6) is 1.23. The fraction of sp³-hybridized carbons (Fsp3) is 0.316. The monoisotopic (exact) mass is 328 g/mol. The number of aryl methyl sites for hydroxylation is 2. The first-order valence-corrected chi connectivity index (χ1v) is 7.80. The molecule has 0 atom stereocenters. The minimum atomic E-state index is 0.0352. The third kappa shape index (κ3) is 3.98. The summed E-state index contributed by atoms with van der Waals surface area (Å²) in [6, 6.07) is 11.4. The Morgan fingerprint density at radius 2 is 1.67 bits per heavy atom. The maximum absolute atomic E-state index is 12.4. The molecule has 0 radical (unpaired) electrons. The van der Waals surface area contributed by atoms with Gasteiger partial charge in [0.05, 0.1) is 14.2 Å². The van der Waals surface area contributed by atoms with E-state index in [2.05, 4.69) is 0 Å². The predicted molar refractivity (Wildman–Crippen MR) is 96.9 cm³/mol. The van der Waals surface area contributed by atoms with Gasteiger partial charge in [-0.25, -0.2) is 0 Å². The summed E-state index contributed by atoms with van der Waals surface area (Å²) in [6.07, 6.45) is 0.908. The molecule has 0 aliphatic heterocycles. The van der Waals surface area contributed by atoms with Crippen LogP contribution < -0.4 is 20.1 Å². The summed E-state index contributed by atoms with van der Waals surface area (Å²) in [5, 5.41) is 0. The molecule has 24 heavy (non-hydrogen) atoms. The maximum atomic E-state index is 12.4. The van der Waals surface area contributed by atoms with E-state index in [1.54, 1.807) is 32.2 Å². The zero-order valence-electron chi connectivity index (χ0n) is 14.6. The lowest BCUT2D eigenvalue weighted by Gasteiger charge is -2.18. The number of nitrogens with zero attached hydrogens (tertiary/aromatic N) is 1. The molecule has 5 nitrogen and oxygen atoms in total. The number of hydrogen-bond acceptors (Lipinski definition) is 4. The molecule has 128 valence electrons. The van der Waals surface area contributed by atoms with Crippen molar-refractivity contribution in [3.8, 4) is 11.5 Å². The summed E-state index contributed by atoms with van der Waals surface area (Å²) < 4.78 is 10.5. The Kier molecular flexibility index (Phi) is 5.68. The summed E-state index contributed by atoms with van der Waals surface area (Å²) in [7, 11) is 4.93. The Morgan fingerprint density at radius 3 is 2.25 bits per heavy atom. The normalized spacial score (nSPS) is 10.3. The van der Waals surface area contributed by atoms with Gasteiger partial charge >= 0.3 is 0 Å². The highest BCUT2D eigenvalue weighted by Crippen LogP contribution is 2.32. The quantitative estimate of drug-likeness (QED) is 0.827. The molecule has 0 unspecified atom stereocenters. The second kappa shape index (κ2) is 7.73. The molecule has 2 rings (SSSR count). The Labute approximate surface area is 143 Å². The van der Waals surface area contributed by atoms with Gasteiger partial charge in [0, 0.05) is 30.9 Å². The van der Waals surface area contributed by atoms with Gasteiger partial charge in [0.25, 0.3) is 0 Å². The van der Waals surface area contributed by atoms with Gasteiger partial charge < -0.3 is 20.1 Å². The number of rotatable bonds is 6. The van der Waals surface area contributed by atoms with Gasteiger partial charge in [0.2, 0.25) is 5.91 Å². The zero-order valence-corrected chi connectivity index (χ0v) is 14.6. The standard InChI is InChI=1S/C19H24N2O3/c1-13-5-8-15(9-6-13)21(2)19(22)10-7-14-11-17(23-3)18(24-4)12-16(14)20/h5-6,8-9,11-12H,7,10,20H2,1-4H3. The number of ether oxygens (including phenoxy) is 2. The van der Waals surface area contributed by atoms with Gasteiger partial charge in [-0.2, -0.15) is 0 Å². The summed E-state index contributed by atoms with van der Waals surface area (Å²) in [4.78, 5) is 14.1. The number of nitrogens with two attached hydrogens (primary N) is 1. The highest BCUT2D eigenvalue weighted by Gasteiger charge is 2.14. The molecule has 0 aromatic heterocycles. The van der Waals surface area contributed by atoms with Crippen molar-refractivity contribution in [2.75, 3.05) is 31.9 Å². The van der Waals surface area contributed by atoms with Crippen LogP contribution in [0.5, 0.6) is 11.5 Å². The lowest BCUT2D eigenvalue weighted by Crippen LogP contribution is -2.26. The van der Waals surface area contributed by atoms with Gasteiger partial charge in [-0.05, 0) is 37.1 Å². The minimum Gasteiger partial charge on any atom is -0.493 e. The first-order chi connectivity index (χ1) is 11.5. The van der Waals surface area contributed by atoms with Gasteiger partial charge in [0.1, 0.15) is 0 Å². The minimum absolute atomic E-state index is 0.0352. The molecular formula is C19H24N2O3. The van der Waals surface area contributed by atoms with E-state index in [9.17, 15) is 4.79 Å². The molecule has 2 aromatic rings. The van der Waals surface area contributed by atoms with Gasteiger partial charge in [-0.15, -0.1) is 0 Å². The number of amides is 1. The molecule has 0 bridgehead atoms. The van der Waals surface area contributed by atoms with Crippen molar-refractivity contribution < 1.29 is 14.3 Å². The summed E-state index contributed by atoms with van der Waals surface area (Å²) in [5.41, 5.74) is 9.56. The first-order valence-electron chi connectivity index (χ1n) is 7.80. The molecule has 0 saturated heterocycles. The van der Waals surface area contributed by atoms with Crippen LogP contribution in [0.4, 0.5) is 11.4 Å². The molecule has 0 heterocycles. The molecule has 5 heteroatoms. The highest BCUT2D eigenvalue weighted by molar-refractivity contribution is 5.93. The van der Waals surface area contributed by atoms with Crippen molar-refractivity contribution in [2.45, 2.75) is 19.8 Å². The van der Waals surface area contributed by atoms with Crippen LogP contribution in [0.2, 0.25) is 0 Å². The lowest BCUT2D eigenvalue weighted by atomic mass is 10.1. The smallest absolute Gasteiger partial charge is 0.227 e. The van der Waals surface area contributed by atoms with Gasteiger partial charge in [-0.1, -0.05) is 17.7 Å². The Bertz CT molecular complexity index is 711. The average molecular weight is 328 g/mol. The number of benzene rings is 2. The van der Waals surface area contributed by atoms with E-state index in [1.165, 1.54) is 0 Å². The average Bonchev–Trinajstić information content (AvgIpc) is 2.60. The Hall–Kier alpha value is -2.69. The van der Waals surface area contributed by atoms with Crippen LogP contribution in [0.15, 0.2) is 36.4 Å². The van der Waals surface area contributed by atoms with Crippen molar-refractivity contribution in [2.24, 2.45) is 0 Å². The molecule has 0 fully saturated rings. The number of methoxy groups -OCH3 is 2. The van der Waals surface area contributed by atoms with E-state index in [4.69, 9.17) is 15.2 Å². The fourth-order valence-electron chi connectivity index (χ4n) is 2.47. The van der Waals surface area contributed by atoms with Gasteiger partial charge in [0.15, 0.2) is 11.5 Å². The third-order valence-electron chi connectivity index (χ3n) is 4.05. The molecule has 2 N–H and O–H groups in total. The van der Waals surface area contributed by atoms with Crippen LogP contribution in [0, 0.1) is 6.92 Å². The number of carbonyl (C=O) groups excluding carboxylic acids is 1. The summed E-state index contributed by atoms with van der Waals surface area (Å²) >= 11 is 0. The molecule has 0 aliphatic rings. The van der Waals surface area contributed by atoms with E-state index in [0.29, 0.717) is 30.0 Å². The predicted octanol–water partition coefficient (Wildman–Crippen LogP) is 3.19. The van der Waals surface area contributed by atoms with Crippen LogP contribution in [-0.2, 0) is 11.2 Å². The van der Waals surface area contributed by atoms with Crippen LogP contribution in [0.1, 0.15) is 17.5 Å². The van der Waals surface area contributed by atoms with E-state index in [0.717, 1.165) is 16.8 Å². The van der Waals surface area contributed by atoms with Crippen molar-refractivity contribution in [3.63, 3.8) is 0 Å². The molecule has 0 spiro atoms. The number of carbonyl (C=O) groups is 1. The second-order valence-corrected chi connectivity index (χ2v) is 5.69. The Morgan fingerprint density at radius 1 is 1.08 bits per heavy atom. The van der Waals surface area contributed by atoms with E-state index in [1.807, 2.05) is 37.3 Å². The molecular weight excluding hydrogens is 304 g/mol. The molecule has 0 aliphatic carbocycles. The molecule has 2 aromatic carbocycles. The van der Waals surface area contributed by atoms with Crippen LogP contribution >= 0.6 is 0 Å². The summed E-state index contributed by atoms with van der Waals surface area (Å²) in [6.45, 7) is 2.02. The first kappa shape index (κ1) is 17.7. The number of hydrogen-bond donors (Lipinski definition) is 1. The van der Waals surface area contributed by atoms with E-state index < -0.39 is 0 Å². The SMILES string of the molecule is COc1cc(N)c(CCC(=O)N(C)c2ccc(C)cc2)cc1OC. The van der Waals surface area contributed by atoms with Crippen molar-refractivity contribution in [3.05, 3.63) is 47.5 Å². The molecule has 0 saturated carbocycles. The Balaban J connectivity index is 2.07. The van der Waals surface area contributed by atoms with Crippen LogP contribution in [0.3, 0.4) is 0 Å². The van der Waals surface area contributed by atoms with Crippen LogP contribution in [-0.4, -0.2) is 27.2 Å². The number of nitrogen functional groups attached to an aromatic ring is 1. The fourth-order valence-corrected chi connectivity index (χ4v) is 2.47. The highest BCUT2D eigenvalue weighted by atomic mass is 16.5. The third-order valence-corrected chi connectivity index (χ3v) is 4.05. The van der Waals surface area contributed by atoms with Gasteiger partial charge in [-0.3, -0.25) is 4.79 Å². The second-order valence-electron chi connectivity index (χ2n) is 5.69. The molecule has 1 amide bonds. The topological polar surface area (TPSA) is 64.8 Å². The van der Waals surface area contributed by atoms with Crippen LogP contribution in [0.25, 0.3) is 0 Å². The van der Waals surface area contributed by atoms with E-state index >= 15 is 0 Å². The van der Waals surface area contributed by atoms with Crippen molar-refractivity contribution >= 4 is 17.3 Å². The van der Waals surface area contributed by atoms with Crippen molar-refractivity contribution in [1.29, 1.82) is 0 Å². The largest absolute Gasteiger partial charge is 0.493 e. The van der Waals surface area contributed by atoms with E-state index in [-0.39, 0.29) is 5.91 Å². The number of anilines is 2. The zero-order chi connectivity index (χ0) is 17.7. The lowest BCUT2D eigenvalue weighted by molar-refractivity contribution is -0.118.